The number of halogens is 1. The highest BCUT2D eigenvalue weighted by molar-refractivity contribution is 6.32. The Kier molecular flexibility index (Phi) is 5.26. The molecule has 0 bridgehead atoms. The van der Waals surface area contributed by atoms with E-state index in [0.717, 1.165) is 5.56 Å². The highest BCUT2D eigenvalue weighted by Gasteiger charge is 2.00. The summed E-state index contributed by atoms with van der Waals surface area (Å²) >= 11 is 5.93. The summed E-state index contributed by atoms with van der Waals surface area (Å²) in [5.41, 5.74) is 2.86. The van der Waals surface area contributed by atoms with Gasteiger partial charge in [-0.2, -0.15) is 0 Å². The van der Waals surface area contributed by atoms with Crippen molar-refractivity contribution in [2.75, 3.05) is 6.61 Å². The fourth-order valence-corrected chi connectivity index (χ4v) is 1.20. The van der Waals surface area contributed by atoms with Gasteiger partial charge in [-0.15, -0.1) is 0 Å². The normalized spacial score (nSPS) is 10.4. The molecule has 0 radical (unpaired) electrons. The highest BCUT2D eigenvalue weighted by Crippen LogP contribution is 2.15. The van der Waals surface area contributed by atoms with Crippen molar-refractivity contribution in [2.45, 2.75) is 0 Å². The molecule has 5 heteroatoms. The molecular formula is C12H12ClNO3. The highest BCUT2D eigenvalue weighted by atomic mass is 35.5. The summed E-state index contributed by atoms with van der Waals surface area (Å²) in [6.07, 6.45) is 3.50. The summed E-state index contributed by atoms with van der Waals surface area (Å²) in [6, 6.07) is 7.36. The molecule has 1 aromatic carbocycles. The van der Waals surface area contributed by atoms with Crippen molar-refractivity contribution in [1.82, 2.24) is 5.48 Å². The fraction of sp³-hybridized carbons (Fsp3) is 0.0833. The van der Waals surface area contributed by atoms with Gasteiger partial charge < -0.3 is 5.11 Å². The zero-order valence-electron chi connectivity index (χ0n) is 9.02. The van der Waals surface area contributed by atoms with Crippen LogP contribution in [0.2, 0.25) is 5.02 Å². The van der Waals surface area contributed by atoms with Gasteiger partial charge in [0.15, 0.2) is 0 Å². The zero-order valence-corrected chi connectivity index (χ0v) is 9.78. The van der Waals surface area contributed by atoms with Crippen molar-refractivity contribution >= 4 is 23.6 Å². The summed E-state index contributed by atoms with van der Waals surface area (Å²) in [4.78, 5) is 15.2. The van der Waals surface area contributed by atoms with Crippen LogP contribution in [0.15, 0.2) is 42.6 Å². The van der Waals surface area contributed by atoms with Gasteiger partial charge in [0.1, 0.15) is 5.70 Å². The van der Waals surface area contributed by atoms with Crippen molar-refractivity contribution in [2.24, 2.45) is 0 Å². The molecule has 0 saturated carbocycles. The monoisotopic (exact) mass is 253 g/mol. The average molecular weight is 254 g/mol. The van der Waals surface area contributed by atoms with Crippen LogP contribution in [-0.2, 0) is 9.63 Å². The van der Waals surface area contributed by atoms with E-state index in [9.17, 15) is 4.79 Å². The van der Waals surface area contributed by atoms with Crippen LogP contribution in [0.3, 0.4) is 0 Å². The van der Waals surface area contributed by atoms with Crippen LogP contribution in [0.1, 0.15) is 5.56 Å². The molecule has 0 saturated heterocycles. The Hall–Kier alpha value is -1.78. The maximum absolute atomic E-state index is 10.4. The number of hydrogen-bond donors (Lipinski definition) is 2. The minimum atomic E-state index is -1.15. The number of aliphatic carboxylic acids is 1. The Morgan fingerprint density at radius 2 is 2.24 bits per heavy atom. The van der Waals surface area contributed by atoms with Crippen molar-refractivity contribution < 1.29 is 14.7 Å². The minimum Gasteiger partial charge on any atom is -0.477 e. The zero-order chi connectivity index (χ0) is 12.7. The molecule has 0 heterocycles. The number of carboxylic acid groups (broad SMARTS) is 1. The van der Waals surface area contributed by atoms with Crippen molar-refractivity contribution in [3.05, 3.63) is 53.2 Å². The number of benzene rings is 1. The molecule has 90 valence electrons. The second kappa shape index (κ2) is 6.73. The van der Waals surface area contributed by atoms with E-state index in [0.29, 0.717) is 5.02 Å². The predicted octanol–water partition coefficient (Wildman–Crippen LogP) is 2.47. The lowest BCUT2D eigenvalue weighted by Gasteiger charge is -2.03. The molecule has 0 aliphatic heterocycles. The van der Waals surface area contributed by atoms with Gasteiger partial charge in [0, 0.05) is 5.02 Å². The van der Waals surface area contributed by atoms with Gasteiger partial charge >= 0.3 is 5.97 Å². The third kappa shape index (κ3) is 4.72. The number of hydrogen-bond acceptors (Lipinski definition) is 3. The molecule has 1 aromatic rings. The number of hydroxylamine groups is 1. The summed E-state index contributed by atoms with van der Waals surface area (Å²) in [5.74, 6) is -1.15. The number of carboxylic acids is 1. The van der Waals surface area contributed by atoms with Crippen LogP contribution >= 0.6 is 11.6 Å². The maximum atomic E-state index is 10.4. The molecule has 0 aliphatic carbocycles. The summed E-state index contributed by atoms with van der Waals surface area (Å²) < 4.78 is 0. The lowest BCUT2D eigenvalue weighted by Crippen LogP contribution is -2.19. The van der Waals surface area contributed by atoms with Gasteiger partial charge in [-0.25, -0.2) is 4.79 Å². The first-order chi connectivity index (χ1) is 8.11. The van der Waals surface area contributed by atoms with Gasteiger partial charge in [-0.3, -0.25) is 10.3 Å². The molecule has 0 amide bonds. The number of rotatable bonds is 6. The molecule has 17 heavy (non-hydrogen) atoms. The first kappa shape index (κ1) is 13.3. The van der Waals surface area contributed by atoms with Gasteiger partial charge in [0.2, 0.25) is 0 Å². The maximum Gasteiger partial charge on any atom is 0.353 e. The molecule has 0 unspecified atom stereocenters. The molecule has 2 N–H and O–H groups in total. The van der Waals surface area contributed by atoms with Crippen LogP contribution in [0.5, 0.6) is 0 Å². The fourth-order valence-electron chi connectivity index (χ4n) is 1.01. The van der Waals surface area contributed by atoms with Gasteiger partial charge in [-0.1, -0.05) is 48.5 Å². The number of nitrogens with one attached hydrogen (secondary N) is 1. The van der Waals surface area contributed by atoms with E-state index in [1.165, 1.54) is 0 Å². The molecule has 0 atom stereocenters. The molecule has 1 rings (SSSR count). The second-order valence-corrected chi connectivity index (χ2v) is 3.53. The minimum absolute atomic E-state index is 0.206. The standard InChI is InChI=1S/C12H12ClNO3/c1-9(12(15)16)14-17-8-4-6-10-5-2-3-7-11(10)13/h2-7,14H,1,8H2,(H,15,16). The van der Waals surface area contributed by atoms with E-state index in [1.54, 1.807) is 18.2 Å². The van der Waals surface area contributed by atoms with E-state index in [2.05, 4.69) is 12.1 Å². The molecule has 0 aliphatic rings. The van der Waals surface area contributed by atoms with E-state index in [4.69, 9.17) is 21.5 Å². The Labute approximate surface area is 104 Å². The SMILES string of the molecule is C=C(NOCC=Cc1ccccc1Cl)C(=O)O. The third-order valence-electron chi connectivity index (χ3n) is 1.84. The first-order valence-corrected chi connectivity index (χ1v) is 5.20. The van der Waals surface area contributed by atoms with Crippen LogP contribution < -0.4 is 5.48 Å². The third-order valence-corrected chi connectivity index (χ3v) is 2.18. The van der Waals surface area contributed by atoms with Crippen LogP contribution in [0.4, 0.5) is 0 Å². The van der Waals surface area contributed by atoms with Gasteiger partial charge in [0.05, 0.1) is 6.61 Å². The van der Waals surface area contributed by atoms with E-state index in [-0.39, 0.29) is 12.3 Å². The Morgan fingerprint density at radius 3 is 2.88 bits per heavy atom. The summed E-state index contributed by atoms with van der Waals surface area (Å²) in [7, 11) is 0. The van der Waals surface area contributed by atoms with Crippen LogP contribution in [0, 0.1) is 0 Å². The van der Waals surface area contributed by atoms with Crippen LogP contribution in [0.25, 0.3) is 6.08 Å². The Balaban J connectivity index is 2.34. The smallest absolute Gasteiger partial charge is 0.353 e. The van der Waals surface area contributed by atoms with Gasteiger partial charge in [-0.05, 0) is 11.6 Å². The van der Waals surface area contributed by atoms with E-state index >= 15 is 0 Å². The Morgan fingerprint density at radius 1 is 1.53 bits per heavy atom. The second-order valence-electron chi connectivity index (χ2n) is 3.12. The van der Waals surface area contributed by atoms with E-state index in [1.807, 2.05) is 18.2 Å². The summed E-state index contributed by atoms with van der Waals surface area (Å²) in [6.45, 7) is 3.45. The topological polar surface area (TPSA) is 58.6 Å². The predicted molar refractivity (Wildman–Crippen MR) is 66.3 cm³/mol. The average Bonchev–Trinajstić information content (AvgIpc) is 2.30. The lowest BCUT2D eigenvalue weighted by atomic mass is 10.2. The first-order valence-electron chi connectivity index (χ1n) is 4.82. The van der Waals surface area contributed by atoms with Crippen LogP contribution in [-0.4, -0.2) is 17.7 Å². The van der Waals surface area contributed by atoms with Crippen molar-refractivity contribution in [3.63, 3.8) is 0 Å². The molecular weight excluding hydrogens is 242 g/mol. The number of carbonyl (C=O) groups is 1. The van der Waals surface area contributed by atoms with Gasteiger partial charge in [0.25, 0.3) is 0 Å². The molecule has 0 fully saturated rings. The quantitative estimate of drug-likeness (QED) is 0.465. The largest absolute Gasteiger partial charge is 0.477 e. The summed E-state index contributed by atoms with van der Waals surface area (Å²) in [5, 5.41) is 9.12. The molecule has 4 nitrogen and oxygen atoms in total. The molecule has 0 spiro atoms. The lowest BCUT2D eigenvalue weighted by molar-refractivity contribution is -0.134. The Bertz CT molecular complexity index is 443. The van der Waals surface area contributed by atoms with E-state index < -0.39 is 5.97 Å². The molecule has 0 aromatic heterocycles. The van der Waals surface area contributed by atoms with Crippen molar-refractivity contribution in [3.8, 4) is 0 Å². The van der Waals surface area contributed by atoms with Crippen molar-refractivity contribution in [1.29, 1.82) is 0 Å².